The van der Waals surface area contributed by atoms with Gasteiger partial charge in [0.25, 0.3) is 0 Å². The van der Waals surface area contributed by atoms with Crippen LogP contribution >= 0.6 is 0 Å². The molecule has 2 saturated carbocycles. The van der Waals surface area contributed by atoms with E-state index in [9.17, 15) is 16.8 Å². The van der Waals surface area contributed by atoms with Crippen molar-refractivity contribution in [3.63, 3.8) is 0 Å². The van der Waals surface area contributed by atoms with Crippen LogP contribution in [0.2, 0.25) is 0 Å². The second-order valence-electron chi connectivity index (χ2n) is 11.8. The van der Waals surface area contributed by atoms with Crippen LogP contribution in [0.1, 0.15) is 108 Å². The molecule has 3 aliphatic carbocycles. The number of fused-ring (bicyclic) bond motifs is 5. The lowest BCUT2D eigenvalue weighted by Crippen LogP contribution is -2.46. The third kappa shape index (κ3) is 6.57. The van der Waals surface area contributed by atoms with Crippen LogP contribution in [0.3, 0.4) is 0 Å². The number of hydrogen-bond donors (Lipinski definition) is 1. The number of benzene rings is 1. The normalized spacial score (nSPS) is 29.1. The van der Waals surface area contributed by atoms with E-state index in [-0.39, 0.29) is 17.3 Å². The van der Waals surface area contributed by atoms with E-state index in [1.54, 1.807) is 10.4 Å². The molecule has 1 aromatic rings. The Bertz CT molecular complexity index is 1160. The molecule has 5 atom stereocenters. The summed E-state index contributed by atoms with van der Waals surface area (Å²) in [4.78, 5) is 0. The van der Waals surface area contributed by atoms with Crippen molar-refractivity contribution < 1.29 is 25.2 Å². The van der Waals surface area contributed by atoms with E-state index in [0.717, 1.165) is 82.6 Å². The SMILES string of the molecule is CCCCCN(CCCCC)S(=O)(=O)O[C@@H]1CCC2C3CCc4cc(OS(N)(=O)=O)ccc4C3CC[C@@]21C. The first-order valence-electron chi connectivity index (χ1n) is 14.5. The topological polar surface area (TPSA) is 116 Å². The van der Waals surface area contributed by atoms with Crippen molar-refractivity contribution in [2.45, 2.75) is 110 Å². The second kappa shape index (κ2) is 12.1. The molecule has 216 valence electrons. The summed E-state index contributed by atoms with van der Waals surface area (Å²) < 4.78 is 62.4. The van der Waals surface area contributed by atoms with Gasteiger partial charge in [0.1, 0.15) is 5.75 Å². The van der Waals surface area contributed by atoms with Crippen molar-refractivity contribution in [2.75, 3.05) is 13.1 Å². The fourth-order valence-electron chi connectivity index (χ4n) is 7.47. The van der Waals surface area contributed by atoms with Crippen molar-refractivity contribution in [3.05, 3.63) is 29.3 Å². The highest BCUT2D eigenvalue weighted by molar-refractivity contribution is 7.84. The van der Waals surface area contributed by atoms with E-state index >= 15 is 0 Å². The van der Waals surface area contributed by atoms with Gasteiger partial charge in [0.15, 0.2) is 0 Å². The van der Waals surface area contributed by atoms with E-state index in [2.05, 4.69) is 20.8 Å². The molecule has 0 radical (unpaired) electrons. The second-order valence-corrected chi connectivity index (χ2v) is 14.5. The molecule has 0 saturated heterocycles. The number of rotatable bonds is 13. The zero-order chi connectivity index (χ0) is 27.6. The van der Waals surface area contributed by atoms with Gasteiger partial charge in [-0.15, -0.1) is 0 Å². The molecule has 4 rings (SSSR count). The zero-order valence-electron chi connectivity index (χ0n) is 23.2. The maximum Gasteiger partial charge on any atom is 0.380 e. The quantitative estimate of drug-likeness (QED) is 0.316. The van der Waals surface area contributed by atoms with Crippen molar-refractivity contribution in [1.82, 2.24) is 4.31 Å². The van der Waals surface area contributed by atoms with E-state index < -0.39 is 20.6 Å². The molecule has 38 heavy (non-hydrogen) atoms. The lowest BCUT2D eigenvalue weighted by atomic mass is 9.55. The Labute approximate surface area is 230 Å². The first-order chi connectivity index (χ1) is 18.0. The predicted octanol–water partition coefficient (Wildman–Crippen LogP) is 5.44. The van der Waals surface area contributed by atoms with Gasteiger partial charge in [-0.05, 0) is 97.8 Å². The van der Waals surface area contributed by atoms with Crippen molar-refractivity contribution in [1.29, 1.82) is 0 Å². The summed E-state index contributed by atoms with van der Waals surface area (Å²) in [6.07, 6.45) is 11.1. The molecule has 0 bridgehead atoms. The lowest BCUT2D eigenvalue weighted by Gasteiger charge is -2.50. The van der Waals surface area contributed by atoms with E-state index in [1.807, 2.05) is 12.1 Å². The molecule has 2 N–H and O–H groups in total. The molecule has 10 heteroatoms. The van der Waals surface area contributed by atoms with Gasteiger partial charge in [0.05, 0.1) is 6.10 Å². The van der Waals surface area contributed by atoms with Crippen LogP contribution in [0.25, 0.3) is 0 Å². The van der Waals surface area contributed by atoms with Gasteiger partial charge in [-0.3, -0.25) is 4.18 Å². The third-order valence-electron chi connectivity index (χ3n) is 9.40. The van der Waals surface area contributed by atoms with Crippen LogP contribution in [0.15, 0.2) is 18.2 Å². The molecule has 8 nitrogen and oxygen atoms in total. The van der Waals surface area contributed by atoms with Gasteiger partial charge < -0.3 is 4.18 Å². The third-order valence-corrected chi connectivity index (χ3v) is 11.3. The minimum absolute atomic E-state index is 0.166. The van der Waals surface area contributed by atoms with Crippen molar-refractivity contribution in [3.8, 4) is 5.75 Å². The van der Waals surface area contributed by atoms with Crippen LogP contribution < -0.4 is 9.32 Å². The molecular formula is C28H46N2O6S2. The summed E-state index contributed by atoms with van der Waals surface area (Å²) in [6.45, 7) is 7.57. The first-order valence-corrected chi connectivity index (χ1v) is 17.4. The molecule has 0 heterocycles. The number of nitrogens with zero attached hydrogens (tertiary/aromatic N) is 1. The number of hydrogen-bond acceptors (Lipinski definition) is 6. The molecule has 0 amide bonds. The number of unbranched alkanes of at least 4 members (excludes halogenated alkanes) is 4. The van der Waals surface area contributed by atoms with Gasteiger partial charge in [0, 0.05) is 13.1 Å². The average Bonchev–Trinajstić information content (AvgIpc) is 3.17. The van der Waals surface area contributed by atoms with E-state index in [4.69, 9.17) is 13.5 Å². The van der Waals surface area contributed by atoms with Crippen LogP contribution in [0, 0.1) is 17.3 Å². The lowest BCUT2D eigenvalue weighted by molar-refractivity contribution is -0.0111. The monoisotopic (exact) mass is 570 g/mol. The first kappa shape index (κ1) is 29.8. The highest BCUT2D eigenvalue weighted by atomic mass is 32.2. The molecule has 3 aliphatic rings. The fraction of sp³-hybridized carbons (Fsp3) is 0.786. The smallest absolute Gasteiger partial charge is 0.371 e. The van der Waals surface area contributed by atoms with Crippen LogP contribution in [-0.4, -0.2) is 40.3 Å². The summed E-state index contributed by atoms with van der Waals surface area (Å²) in [5.41, 5.74) is 2.22. The average molecular weight is 571 g/mol. The Hall–Kier alpha value is -1.20. The Morgan fingerprint density at radius 3 is 2.29 bits per heavy atom. The minimum Gasteiger partial charge on any atom is -0.371 e. The van der Waals surface area contributed by atoms with Crippen molar-refractivity contribution >= 4 is 20.6 Å². The minimum atomic E-state index is -4.05. The Balaban J connectivity index is 1.47. The molecule has 0 spiro atoms. The molecule has 0 aliphatic heterocycles. The molecule has 3 unspecified atom stereocenters. The molecular weight excluding hydrogens is 524 g/mol. The van der Waals surface area contributed by atoms with Crippen molar-refractivity contribution in [2.24, 2.45) is 22.4 Å². The highest BCUT2D eigenvalue weighted by Gasteiger charge is 2.56. The number of nitrogens with two attached hydrogens (primary N) is 1. The Kier molecular flexibility index (Phi) is 9.50. The van der Waals surface area contributed by atoms with Crippen LogP contribution in [0.5, 0.6) is 5.75 Å². The molecule has 0 aromatic heterocycles. The highest BCUT2D eigenvalue weighted by Crippen LogP contribution is 2.61. The summed E-state index contributed by atoms with van der Waals surface area (Å²) >= 11 is 0. The summed E-state index contributed by atoms with van der Waals surface area (Å²) in [5.74, 6) is 1.51. The van der Waals surface area contributed by atoms with Gasteiger partial charge in [-0.1, -0.05) is 52.5 Å². The maximum absolute atomic E-state index is 13.5. The van der Waals surface area contributed by atoms with E-state index in [1.165, 1.54) is 5.56 Å². The Morgan fingerprint density at radius 1 is 0.974 bits per heavy atom. The van der Waals surface area contributed by atoms with E-state index in [0.29, 0.717) is 30.8 Å². The van der Waals surface area contributed by atoms with Crippen LogP contribution in [0.4, 0.5) is 0 Å². The zero-order valence-corrected chi connectivity index (χ0v) is 24.9. The summed E-state index contributed by atoms with van der Waals surface area (Å²) in [5, 5.41) is 5.05. The summed E-state index contributed by atoms with van der Waals surface area (Å²) in [6, 6.07) is 5.49. The van der Waals surface area contributed by atoms with Gasteiger partial charge in [-0.25, -0.2) is 0 Å². The Morgan fingerprint density at radius 2 is 1.66 bits per heavy atom. The van der Waals surface area contributed by atoms with Gasteiger partial charge in [0.2, 0.25) is 0 Å². The summed E-state index contributed by atoms with van der Waals surface area (Å²) in [7, 11) is -7.85. The molecule has 1 aromatic carbocycles. The fourth-order valence-corrected chi connectivity index (χ4v) is 9.28. The predicted molar refractivity (Wildman–Crippen MR) is 149 cm³/mol. The number of aryl methyl sites for hydroxylation is 1. The standard InChI is InChI=1S/C28H46N2O6S2/c1-4-6-8-18-30(19-9-7-5-2)38(33,34)36-27-15-14-26-25-12-10-21-20-22(35-37(29,31)32)11-13-23(21)24(25)16-17-28(26,27)3/h11,13,20,24-27H,4-10,12,14-19H2,1-3H3,(H2,29,31,32)/t24?,25?,26?,27-,28+/m1/s1. The van der Waals surface area contributed by atoms with Gasteiger partial charge >= 0.3 is 20.6 Å². The molecule has 2 fully saturated rings. The van der Waals surface area contributed by atoms with Gasteiger partial charge in [-0.2, -0.15) is 26.3 Å². The van der Waals surface area contributed by atoms with Crippen LogP contribution in [-0.2, 0) is 31.2 Å². The maximum atomic E-state index is 13.5. The largest absolute Gasteiger partial charge is 0.380 e.